The van der Waals surface area contributed by atoms with Crippen molar-refractivity contribution in [3.8, 4) is 0 Å². The molecular weight excluding hydrogens is 474 g/mol. The van der Waals surface area contributed by atoms with Crippen LogP contribution in [0.5, 0.6) is 0 Å². The number of carbonyl (C=O) groups is 1. The molecule has 1 fully saturated rings. The Morgan fingerprint density at radius 2 is 1.56 bits per heavy atom. The predicted octanol–water partition coefficient (Wildman–Crippen LogP) is 5.95. The molecule has 1 atom stereocenters. The Morgan fingerprint density at radius 3 is 2.19 bits per heavy atom. The number of nitrogens with one attached hydrogen (secondary N) is 1. The first kappa shape index (κ1) is 24.8. The van der Waals surface area contributed by atoms with Crippen molar-refractivity contribution in [2.24, 2.45) is 0 Å². The molecule has 0 saturated heterocycles. The van der Waals surface area contributed by atoms with E-state index in [0.717, 1.165) is 48.9 Å². The van der Waals surface area contributed by atoms with Gasteiger partial charge in [-0.25, -0.2) is 12.8 Å². The number of hydrogen-bond donors (Lipinski definition) is 1. The summed E-state index contributed by atoms with van der Waals surface area (Å²) in [6.07, 6.45) is 7.13. The number of nitrogens with zero attached hydrogens (tertiary/aromatic N) is 1. The van der Waals surface area contributed by atoms with Crippen molar-refractivity contribution in [3.63, 3.8) is 0 Å². The van der Waals surface area contributed by atoms with Gasteiger partial charge in [0.25, 0.3) is 10.0 Å². The van der Waals surface area contributed by atoms with E-state index >= 15 is 0 Å². The number of sulfonamides is 1. The number of amides is 1. The zero-order valence-electron chi connectivity index (χ0n) is 17.9. The first-order chi connectivity index (χ1) is 15.2. The molecule has 2 aromatic rings. The van der Waals surface area contributed by atoms with Crippen LogP contribution in [0.1, 0.15) is 51.9 Å². The van der Waals surface area contributed by atoms with Gasteiger partial charge in [0.2, 0.25) is 5.91 Å². The summed E-state index contributed by atoms with van der Waals surface area (Å²) in [5, 5.41) is 3.50. The number of carbonyl (C=O) groups excluding carboxylic acids is 1. The number of anilines is 1. The summed E-state index contributed by atoms with van der Waals surface area (Å²) in [5.41, 5.74) is -0.284. The molecular formula is C23H27Cl2FN2O3S. The van der Waals surface area contributed by atoms with Crippen LogP contribution in [0.2, 0.25) is 10.0 Å². The molecule has 1 aliphatic rings. The fourth-order valence-corrected chi connectivity index (χ4v) is 5.86. The van der Waals surface area contributed by atoms with Crippen molar-refractivity contribution in [3.05, 3.63) is 58.3 Å². The maximum absolute atomic E-state index is 14.8. The lowest BCUT2D eigenvalue weighted by atomic mass is 9.96. The summed E-state index contributed by atoms with van der Waals surface area (Å²) in [5.74, 6) is -1.27. The molecule has 3 rings (SSSR count). The van der Waals surface area contributed by atoms with Gasteiger partial charge in [-0.3, -0.25) is 9.10 Å². The molecule has 0 radical (unpaired) electrons. The third-order valence-corrected chi connectivity index (χ3v) is 8.08. The SMILES string of the molecule is C[C@H](C(=O)NC1CCCCCCC1)N(c1cc(Cl)ccc1F)S(=O)(=O)c1ccc(Cl)cc1. The molecule has 1 N–H and O–H groups in total. The van der Waals surface area contributed by atoms with Crippen molar-refractivity contribution in [2.45, 2.75) is 68.8 Å². The van der Waals surface area contributed by atoms with Gasteiger partial charge in [0.05, 0.1) is 10.6 Å². The Hall–Kier alpha value is -1.83. The largest absolute Gasteiger partial charge is 0.352 e. The molecule has 0 bridgehead atoms. The average molecular weight is 501 g/mol. The fraction of sp³-hybridized carbons (Fsp3) is 0.435. The van der Waals surface area contributed by atoms with E-state index in [0.29, 0.717) is 5.02 Å². The summed E-state index contributed by atoms with van der Waals surface area (Å²) in [6.45, 7) is 1.45. The second-order valence-corrected chi connectivity index (χ2v) is 10.8. The molecule has 0 heterocycles. The van der Waals surface area contributed by atoms with E-state index in [4.69, 9.17) is 23.2 Å². The van der Waals surface area contributed by atoms with E-state index in [-0.39, 0.29) is 21.6 Å². The smallest absolute Gasteiger partial charge is 0.265 e. The van der Waals surface area contributed by atoms with Crippen LogP contribution in [0.4, 0.5) is 10.1 Å². The second kappa shape index (κ2) is 10.9. The zero-order valence-corrected chi connectivity index (χ0v) is 20.2. The van der Waals surface area contributed by atoms with Crippen LogP contribution in [0.15, 0.2) is 47.4 Å². The summed E-state index contributed by atoms with van der Waals surface area (Å²) < 4.78 is 42.7. The molecule has 0 aliphatic heterocycles. The lowest BCUT2D eigenvalue weighted by Gasteiger charge is -2.31. The third kappa shape index (κ3) is 5.94. The molecule has 0 aromatic heterocycles. The minimum atomic E-state index is -4.29. The topological polar surface area (TPSA) is 66.5 Å². The van der Waals surface area contributed by atoms with Crippen LogP contribution in [-0.4, -0.2) is 26.4 Å². The summed E-state index contributed by atoms with van der Waals surface area (Å²) in [7, 11) is -4.29. The van der Waals surface area contributed by atoms with E-state index in [9.17, 15) is 17.6 Å². The van der Waals surface area contributed by atoms with Crippen LogP contribution in [0.25, 0.3) is 0 Å². The molecule has 174 valence electrons. The molecule has 5 nitrogen and oxygen atoms in total. The van der Waals surface area contributed by atoms with E-state index in [1.807, 2.05) is 0 Å². The summed E-state index contributed by atoms with van der Waals surface area (Å²) >= 11 is 11.9. The number of benzene rings is 2. The molecule has 32 heavy (non-hydrogen) atoms. The monoisotopic (exact) mass is 500 g/mol. The summed E-state index contributed by atoms with van der Waals surface area (Å²) in [6, 6.07) is 7.90. The van der Waals surface area contributed by atoms with Gasteiger partial charge in [-0.15, -0.1) is 0 Å². The van der Waals surface area contributed by atoms with E-state index in [2.05, 4.69) is 5.32 Å². The molecule has 2 aromatic carbocycles. The molecule has 0 spiro atoms. The number of hydrogen-bond acceptors (Lipinski definition) is 3. The highest BCUT2D eigenvalue weighted by Crippen LogP contribution is 2.31. The van der Waals surface area contributed by atoms with Crippen molar-refractivity contribution in [1.82, 2.24) is 5.32 Å². The predicted molar refractivity (Wildman–Crippen MR) is 126 cm³/mol. The van der Waals surface area contributed by atoms with Crippen LogP contribution in [-0.2, 0) is 14.8 Å². The van der Waals surface area contributed by atoms with Crippen LogP contribution >= 0.6 is 23.2 Å². The quantitative estimate of drug-likeness (QED) is 0.533. The minimum absolute atomic E-state index is 0.0328. The number of halogens is 3. The van der Waals surface area contributed by atoms with Crippen LogP contribution in [0, 0.1) is 5.82 Å². The third-order valence-electron chi connectivity index (χ3n) is 5.70. The Kier molecular flexibility index (Phi) is 8.42. The Labute approximate surface area is 199 Å². The van der Waals surface area contributed by atoms with Gasteiger partial charge < -0.3 is 5.32 Å². The standard InChI is InChI=1S/C23H27Cl2FN2O3S/c1-16(23(29)27-19-7-5-3-2-4-6-8-19)28(22-15-18(25)11-14-21(22)26)32(30,31)20-12-9-17(24)10-13-20/h9-16,19H,2-8H2,1H3,(H,27,29)/t16-/m1/s1. The molecule has 9 heteroatoms. The van der Waals surface area contributed by atoms with Gasteiger partial charge in [-0.1, -0.05) is 55.3 Å². The molecule has 0 unspecified atom stereocenters. The lowest BCUT2D eigenvalue weighted by molar-refractivity contribution is -0.122. The van der Waals surface area contributed by atoms with Crippen molar-refractivity contribution < 1.29 is 17.6 Å². The first-order valence-corrected chi connectivity index (χ1v) is 12.9. The van der Waals surface area contributed by atoms with Crippen molar-refractivity contribution in [1.29, 1.82) is 0 Å². The lowest BCUT2D eigenvalue weighted by Crippen LogP contribution is -2.51. The average Bonchev–Trinajstić information content (AvgIpc) is 2.72. The van der Waals surface area contributed by atoms with Gasteiger partial charge in [0.15, 0.2) is 0 Å². The van der Waals surface area contributed by atoms with Gasteiger partial charge >= 0.3 is 0 Å². The molecule has 1 saturated carbocycles. The second-order valence-electron chi connectivity index (χ2n) is 8.08. The number of rotatable bonds is 6. The van der Waals surface area contributed by atoms with Gasteiger partial charge in [-0.05, 0) is 62.2 Å². The van der Waals surface area contributed by atoms with E-state index in [1.165, 1.54) is 49.7 Å². The van der Waals surface area contributed by atoms with Crippen LogP contribution < -0.4 is 9.62 Å². The highest BCUT2D eigenvalue weighted by atomic mass is 35.5. The van der Waals surface area contributed by atoms with Gasteiger partial charge in [-0.2, -0.15) is 0 Å². The Balaban J connectivity index is 1.97. The highest BCUT2D eigenvalue weighted by Gasteiger charge is 2.36. The Morgan fingerprint density at radius 1 is 1.00 bits per heavy atom. The van der Waals surface area contributed by atoms with Gasteiger partial charge in [0, 0.05) is 16.1 Å². The van der Waals surface area contributed by atoms with E-state index < -0.39 is 27.8 Å². The highest BCUT2D eigenvalue weighted by molar-refractivity contribution is 7.93. The molecule has 1 aliphatic carbocycles. The van der Waals surface area contributed by atoms with Crippen molar-refractivity contribution >= 4 is 44.8 Å². The zero-order chi connectivity index (χ0) is 23.3. The maximum Gasteiger partial charge on any atom is 0.265 e. The van der Waals surface area contributed by atoms with Gasteiger partial charge in [0.1, 0.15) is 11.9 Å². The van der Waals surface area contributed by atoms with E-state index in [1.54, 1.807) is 0 Å². The normalized spacial score (nSPS) is 16.6. The Bertz CT molecular complexity index is 1040. The minimum Gasteiger partial charge on any atom is -0.352 e. The molecule has 1 amide bonds. The summed E-state index contributed by atoms with van der Waals surface area (Å²) in [4.78, 5) is 13.1. The first-order valence-electron chi connectivity index (χ1n) is 10.8. The van der Waals surface area contributed by atoms with Crippen LogP contribution in [0.3, 0.4) is 0 Å². The van der Waals surface area contributed by atoms with Crippen molar-refractivity contribution in [2.75, 3.05) is 4.31 Å². The fourth-order valence-electron chi connectivity index (χ4n) is 3.95. The maximum atomic E-state index is 14.8.